The lowest BCUT2D eigenvalue weighted by Crippen LogP contribution is -1.93. The van der Waals surface area contributed by atoms with E-state index in [0.29, 0.717) is 6.42 Å². The predicted molar refractivity (Wildman–Crippen MR) is 110 cm³/mol. The summed E-state index contributed by atoms with van der Waals surface area (Å²) < 4.78 is 0. The summed E-state index contributed by atoms with van der Waals surface area (Å²) in [5.41, 5.74) is 0. The van der Waals surface area contributed by atoms with Crippen LogP contribution in [0.5, 0.6) is 0 Å². The highest BCUT2D eigenvalue weighted by molar-refractivity contribution is 5.66. The highest BCUT2D eigenvalue weighted by Crippen LogP contribution is 2.12. The van der Waals surface area contributed by atoms with Crippen LogP contribution in [0.25, 0.3) is 0 Å². The zero-order valence-corrected chi connectivity index (χ0v) is 16.9. The first kappa shape index (κ1) is 24.2. The lowest BCUT2D eigenvalue weighted by Gasteiger charge is -2.02. The van der Waals surface area contributed by atoms with Crippen LogP contribution in [-0.2, 0) is 4.79 Å². The Morgan fingerprint density at radius 1 is 0.600 bits per heavy atom. The molecule has 0 heterocycles. The van der Waals surface area contributed by atoms with Gasteiger partial charge in [0.1, 0.15) is 0 Å². The summed E-state index contributed by atoms with van der Waals surface area (Å²) in [5.74, 6) is -0.655. The van der Waals surface area contributed by atoms with Crippen molar-refractivity contribution in [2.75, 3.05) is 0 Å². The number of unbranched alkanes of at least 4 members (excludes halogenated alkanes) is 16. The van der Waals surface area contributed by atoms with Gasteiger partial charge in [0.2, 0.25) is 0 Å². The van der Waals surface area contributed by atoms with Gasteiger partial charge in [0.25, 0.3) is 0 Å². The molecule has 0 aliphatic heterocycles. The maximum Gasteiger partial charge on any atom is 0.303 e. The Balaban J connectivity index is 3.06. The summed E-state index contributed by atoms with van der Waals surface area (Å²) in [5, 5.41) is 8.56. The molecule has 148 valence electrons. The Morgan fingerprint density at radius 3 is 1.36 bits per heavy atom. The molecule has 0 atom stereocenters. The average molecular weight is 353 g/mol. The monoisotopic (exact) mass is 352 g/mol. The van der Waals surface area contributed by atoms with E-state index in [1.54, 1.807) is 0 Å². The van der Waals surface area contributed by atoms with Gasteiger partial charge < -0.3 is 5.11 Å². The molecular weight excluding hydrogens is 308 g/mol. The molecular formula is C23H44O2. The van der Waals surface area contributed by atoms with E-state index >= 15 is 0 Å². The van der Waals surface area contributed by atoms with Gasteiger partial charge in [-0.1, -0.05) is 103 Å². The second-order valence-corrected chi connectivity index (χ2v) is 7.50. The second-order valence-electron chi connectivity index (χ2n) is 7.50. The molecule has 0 spiro atoms. The van der Waals surface area contributed by atoms with E-state index in [-0.39, 0.29) is 0 Å². The van der Waals surface area contributed by atoms with Crippen molar-refractivity contribution in [2.45, 2.75) is 129 Å². The van der Waals surface area contributed by atoms with Crippen LogP contribution in [0.15, 0.2) is 12.2 Å². The van der Waals surface area contributed by atoms with E-state index in [4.69, 9.17) is 5.11 Å². The van der Waals surface area contributed by atoms with Crippen LogP contribution >= 0.6 is 0 Å². The number of hydrogen-bond donors (Lipinski definition) is 1. The van der Waals surface area contributed by atoms with Crippen molar-refractivity contribution in [1.82, 2.24) is 0 Å². The minimum Gasteiger partial charge on any atom is -0.481 e. The van der Waals surface area contributed by atoms with Crippen molar-refractivity contribution in [2.24, 2.45) is 0 Å². The first-order valence-corrected chi connectivity index (χ1v) is 11.1. The summed E-state index contributed by atoms with van der Waals surface area (Å²) in [6.07, 6.45) is 28.6. The topological polar surface area (TPSA) is 37.3 Å². The van der Waals surface area contributed by atoms with Crippen LogP contribution in [0.2, 0.25) is 0 Å². The Bertz CT molecular complexity index is 296. The molecule has 0 aliphatic rings. The number of carboxylic acids is 1. The molecule has 1 N–H and O–H groups in total. The molecule has 0 saturated carbocycles. The average Bonchev–Trinajstić information content (AvgIpc) is 2.60. The fraction of sp³-hybridized carbons (Fsp3) is 0.870. The zero-order chi connectivity index (χ0) is 18.4. The molecule has 0 radical (unpaired) electrons. The van der Waals surface area contributed by atoms with Gasteiger partial charge in [-0.25, -0.2) is 0 Å². The molecule has 2 heteroatoms. The number of carboxylic acid groups (broad SMARTS) is 1. The molecule has 0 rings (SSSR count). The zero-order valence-electron chi connectivity index (χ0n) is 16.9. The summed E-state index contributed by atoms with van der Waals surface area (Å²) >= 11 is 0. The van der Waals surface area contributed by atoms with Crippen molar-refractivity contribution in [3.05, 3.63) is 12.2 Å². The van der Waals surface area contributed by atoms with E-state index in [1.165, 1.54) is 103 Å². The number of carbonyl (C=O) groups is 1. The SMILES string of the molecule is CCCCCCCCC=CCCCCCCCCCCCCC(=O)O. The van der Waals surface area contributed by atoms with Crippen LogP contribution in [0.1, 0.15) is 129 Å². The van der Waals surface area contributed by atoms with Crippen molar-refractivity contribution in [3.63, 3.8) is 0 Å². The summed E-state index contributed by atoms with van der Waals surface area (Å²) in [7, 11) is 0. The first-order chi connectivity index (χ1) is 12.3. The van der Waals surface area contributed by atoms with E-state index in [9.17, 15) is 4.79 Å². The highest BCUT2D eigenvalue weighted by atomic mass is 16.4. The van der Waals surface area contributed by atoms with Crippen LogP contribution < -0.4 is 0 Å². The summed E-state index contributed by atoms with van der Waals surface area (Å²) in [4.78, 5) is 10.4. The number of aliphatic carboxylic acids is 1. The molecule has 0 amide bonds. The Hall–Kier alpha value is -0.790. The van der Waals surface area contributed by atoms with Crippen LogP contribution in [0.4, 0.5) is 0 Å². The molecule has 0 aliphatic carbocycles. The maximum absolute atomic E-state index is 10.4. The van der Waals surface area contributed by atoms with E-state index < -0.39 is 5.97 Å². The largest absolute Gasteiger partial charge is 0.481 e. The summed E-state index contributed by atoms with van der Waals surface area (Å²) in [6, 6.07) is 0. The smallest absolute Gasteiger partial charge is 0.303 e. The van der Waals surface area contributed by atoms with Crippen LogP contribution in [0.3, 0.4) is 0 Å². The highest BCUT2D eigenvalue weighted by Gasteiger charge is 1.96. The summed E-state index contributed by atoms with van der Waals surface area (Å²) in [6.45, 7) is 2.27. The lowest BCUT2D eigenvalue weighted by molar-refractivity contribution is -0.137. The third-order valence-electron chi connectivity index (χ3n) is 4.90. The van der Waals surface area contributed by atoms with Crippen molar-refractivity contribution in [3.8, 4) is 0 Å². The molecule has 0 aromatic heterocycles. The van der Waals surface area contributed by atoms with Crippen molar-refractivity contribution in [1.29, 1.82) is 0 Å². The standard InChI is InChI=1S/C23H44O2/c1-2-3-4-5-6-7-8-9-10-11-12-13-14-15-16-17-18-19-20-21-22-23(24)25/h9-10H,2-8,11-22H2,1H3,(H,24,25). The predicted octanol–water partition coefficient (Wildman–Crippen LogP) is 8.06. The lowest BCUT2D eigenvalue weighted by atomic mass is 10.0. The van der Waals surface area contributed by atoms with E-state index in [0.717, 1.165) is 12.8 Å². The Kier molecular flexibility index (Phi) is 20.6. The molecule has 0 unspecified atom stereocenters. The van der Waals surface area contributed by atoms with Gasteiger partial charge in [-0.15, -0.1) is 0 Å². The van der Waals surface area contributed by atoms with Crippen LogP contribution in [0, 0.1) is 0 Å². The van der Waals surface area contributed by atoms with Gasteiger partial charge in [0.15, 0.2) is 0 Å². The minimum absolute atomic E-state index is 0.341. The fourth-order valence-electron chi connectivity index (χ4n) is 3.23. The van der Waals surface area contributed by atoms with Gasteiger partial charge >= 0.3 is 5.97 Å². The normalized spacial score (nSPS) is 11.4. The minimum atomic E-state index is -0.655. The first-order valence-electron chi connectivity index (χ1n) is 11.1. The van der Waals surface area contributed by atoms with Gasteiger partial charge in [-0.2, -0.15) is 0 Å². The molecule has 0 saturated heterocycles. The molecule has 0 bridgehead atoms. The van der Waals surface area contributed by atoms with Crippen LogP contribution in [-0.4, -0.2) is 11.1 Å². The Labute approximate surface area is 157 Å². The molecule has 0 aromatic rings. The third-order valence-corrected chi connectivity index (χ3v) is 4.90. The second kappa shape index (κ2) is 21.3. The maximum atomic E-state index is 10.4. The third kappa shape index (κ3) is 23.2. The van der Waals surface area contributed by atoms with Gasteiger partial charge in [-0.05, 0) is 32.1 Å². The molecule has 25 heavy (non-hydrogen) atoms. The molecule has 0 fully saturated rings. The fourth-order valence-corrected chi connectivity index (χ4v) is 3.23. The van der Waals surface area contributed by atoms with Gasteiger partial charge in [0, 0.05) is 6.42 Å². The van der Waals surface area contributed by atoms with Gasteiger partial charge in [-0.3, -0.25) is 4.79 Å². The van der Waals surface area contributed by atoms with Gasteiger partial charge in [0.05, 0.1) is 0 Å². The molecule has 2 nitrogen and oxygen atoms in total. The molecule has 0 aromatic carbocycles. The number of rotatable bonds is 20. The Morgan fingerprint density at radius 2 is 0.960 bits per heavy atom. The van der Waals surface area contributed by atoms with E-state index in [2.05, 4.69) is 19.1 Å². The van der Waals surface area contributed by atoms with Crippen molar-refractivity contribution < 1.29 is 9.90 Å². The van der Waals surface area contributed by atoms with E-state index in [1.807, 2.05) is 0 Å². The number of hydrogen-bond acceptors (Lipinski definition) is 1. The quantitative estimate of drug-likeness (QED) is 0.178. The van der Waals surface area contributed by atoms with Crippen molar-refractivity contribution >= 4 is 5.97 Å². The number of allylic oxidation sites excluding steroid dienone is 2.